The van der Waals surface area contributed by atoms with Gasteiger partial charge in [0.15, 0.2) is 11.9 Å². The number of esters is 1. The number of hydrogen-bond donors (Lipinski definition) is 2. The number of fused-ring (bicyclic) bond motifs is 1. The summed E-state index contributed by atoms with van der Waals surface area (Å²) in [6.45, 7) is 3.33. The molecule has 0 radical (unpaired) electrons. The SMILES string of the molecule is Cc1cccc(C(=O)O[C@@H](C)c2nc3scc(-c4cccs4)c3c(=O)[nH]2)c1O. The molecule has 3 heterocycles. The highest BCUT2D eigenvalue weighted by Gasteiger charge is 2.21. The van der Waals surface area contributed by atoms with Gasteiger partial charge in [0.25, 0.3) is 5.56 Å². The monoisotopic (exact) mass is 412 g/mol. The Kier molecular flexibility index (Phi) is 4.74. The second-order valence-corrected chi connectivity index (χ2v) is 8.08. The van der Waals surface area contributed by atoms with Crippen LogP contribution in [0.3, 0.4) is 0 Å². The zero-order valence-electron chi connectivity index (χ0n) is 15.1. The number of nitrogens with zero attached hydrogens (tertiary/aromatic N) is 1. The van der Waals surface area contributed by atoms with Crippen molar-refractivity contribution >= 4 is 38.9 Å². The summed E-state index contributed by atoms with van der Waals surface area (Å²) < 4.78 is 5.42. The maximum Gasteiger partial charge on any atom is 0.342 e. The number of aromatic amines is 1. The van der Waals surface area contributed by atoms with Crippen LogP contribution in [0.5, 0.6) is 5.75 Å². The topological polar surface area (TPSA) is 92.3 Å². The molecule has 0 saturated carbocycles. The van der Waals surface area contributed by atoms with Crippen LogP contribution in [0.1, 0.15) is 34.8 Å². The molecule has 0 aliphatic heterocycles. The van der Waals surface area contributed by atoms with E-state index in [0.717, 1.165) is 10.4 Å². The molecule has 1 atom stereocenters. The molecule has 0 amide bonds. The van der Waals surface area contributed by atoms with Gasteiger partial charge in [-0.05, 0) is 36.9 Å². The van der Waals surface area contributed by atoms with Crippen molar-refractivity contribution in [1.82, 2.24) is 9.97 Å². The molecule has 28 heavy (non-hydrogen) atoms. The van der Waals surface area contributed by atoms with Crippen molar-refractivity contribution in [3.8, 4) is 16.2 Å². The van der Waals surface area contributed by atoms with Crippen LogP contribution >= 0.6 is 22.7 Å². The summed E-state index contributed by atoms with van der Waals surface area (Å²) in [5, 5.41) is 14.5. The van der Waals surface area contributed by atoms with Crippen LogP contribution in [0.4, 0.5) is 0 Å². The number of H-pyrrole nitrogens is 1. The van der Waals surface area contributed by atoms with E-state index in [-0.39, 0.29) is 22.7 Å². The zero-order chi connectivity index (χ0) is 19.8. The molecular weight excluding hydrogens is 396 g/mol. The number of aryl methyl sites for hydroxylation is 1. The van der Waals surface area contributed by atoms with Gasteiger partial charge in [-0.15, -0.1) is 22.7 Å². The molecule has 0 aliphatic carbocycles. The van der Waals surface area contributed by atoms with Crippen molar-refractivity contribution in [2.75, 3.05) is 0 Å². The fourth-order valence-electron chi connectivity index (χ4n) is 2.87. The van der Waals surface area contributed by atoms with Crippen molar-refractivity contribution in [3.63, 3.8) is 0 Å². The predicted octanol–water partition coefficient (Wildman–Crippen LogP) is 4.65. The smallest absolute Gasteiger partial charge is 0.342 e. The summed E-state index contributed by atoms with van der Waals surface area (Å²) in [5.74, 6) is -0.532. The van der Waals surface area contributed by atoms with Gasteiger partial charge in [0.1, 0.15) is 16.1 Å². The lowest BCUT2D eigenvalue weighted by molar-refractivity contribution is 0.0316. The zero-order valence-corrected chi connectivity index (χ0v) is 16.7. The summed E-state index contributed by atoms with van der Waals surface area (Å²) in [7, 11) is 0. The van der Waals surface area contributed by atoms with E-state index < -0.39 is 12.1 Å². The number of ether oxygens (including phenoxy) is 1. The number of hydrogen-bond acceptors (Lipinski definition) is 7. The molecule has 3 aromatic heterocycles. The van der Waals surface area contributed by atoms with Gasteiger partial charge in [0.05, 0.1) is 5.39 Å². The van der Waals surface area contributed by atoms with Crippen LogP contribution in [0.15, 0.2) is 45.9 Å². The highest BCUT2D eigenvalue weighted by molar-refractivity contribution is 7.18. The molecule has 0 aliphatic rings. The van der Waals surface area contributed by atoms with Gasteiger partial charge in [-0.1, -0.05) is 18.2 Å². The molecular formula is C20H16N2O4S2. The van der Waals surface area contributed by atoms with Gasteiger partial charge in [-0.2, -0.15) is 0 Å². The first-order chi connectivity index (χ1) is 13.5. The summed E-state index contributed by atoms with van der Waals surface area (Å²) in [4.78, 5) is 33.9. The lowest BCUT2D eigenvalue weighted by Gasteiger charge is -2.13. The molecule has 4 aromatic rings. The average molecular weight is 412 g/mol. The third-order valence-electron chi connectivity index (χ3n) is 4.38. The second kappa shape index (κ2) is 7.21. The number of phenols is 1. The molecule has 0 fully saturated rings. The number of aromatic nitrogens is 2. The Bertz CT molecular complexity index is 1220. The van der Waals surface area contributed by atoms with E-state index >= 15 is 0 Å². The Morgan fingerprint density at radius 1 is 1.25 bits per heavy atom. The summed E-state index contributed by atoms with van der Waals surface area (Å²) in [6, 6.07) is 8.74. The van der Waals surface area contributed by atoms with E-state index in [2.05, 4.69) is 9.97 Å². The van der Waals surface area contributed by atoms with E-state index in [4.69, 9.17) is 4.74 Å². The molecule has 4 rings (SSSR count). The number of aromatic hydroxyl groups is 1. The van der Waals surface area contributed by atoms with Crippen LogP contribution < -0.4 is 5.56 Å². The van der Waals surface area contributed by atoms with Crippen molar-refractivity contribution in [3.05, 3.63) is 68.4 Å². The molecule has 142 valence electrons. The number of carbonyl (C=O) groups excluding carboxylic acids is 1. The first-order valence-electron chi connectivity index (χ1n) is 8.50. The van der Waals surface area contributed by atoms with Crippen molar-refractivity contribution in [2.24, 2.45) is 0 Å². The third kappa shape index (κ3) is 3.21. The minimum Gasteiger partial charge on any atom is -0.507 e. The Balaban J connectivity index is 1.65. The molecule has 1 aromatic carbocycles. The van der Waals surface area contributed by atoms with Gasteiger partial charge in [0, 0.05) is 15.8 Å². The number of benzene rings is 1. The maximum atomic E-state index is 12.7. The Labute approximate surface area is 168 Å². The Hall–Kier alpha value is -2.97. The van der Waals surface area contributed by atoms with Crippen molar-refractivity contribution < 1.29 is 14.6 Å². The highest BCUT2D eigenvalue weighted by atomic mass is 32.1. The third-order valence-corrected chi connectivity index (χ3v) is 6.15. The number of thiophene rings is 2. The fraction of sp³-hybridized carbons (Fsp3) is 0.150. The molecule has 0 spiro atoms. The molecule has 0 saturated heterocycles. The summed E-state index contributed by atoms with van der Waals surface area (Å²) in [6.07, 6.45) is -0.781. The van der Waals surface area contributed by atoms with E-state index in [1.807, 2.05) is 22.9 Å². The minimum absolute atomic E-state index is 0.0754. The molecule has 8 heteroatoms. The Morgan fingerprint density at radius 3 is 2.82 bits per heavy atom. The first kappa shape index (κ1) is 18.4. The molecule has 0 bridgehead atoms. The van der Waals surface area contributed by atoms with E-state index in [0.29, 0.717) is 15.8 Å². The van der Waals surface area contributed by atoms with Gasteiger partial charge in [-0.25, -0.2) is 9.78 Å². The maximum absolute atomic E-state index is 12.7. The molecule has 2 N–H and O–H groups in total. The fourth-order valence-corrected chi connectivity index (χ4v) is 4.64. The first-order valence-corrected chi connectivity index (χ1v) is 10.3. The van der Waals surface area contributed by atoms with Crippen LogP contribution in [0, 0.1) is 6.92 Å². The van der Waals surface area contributed by atoms with E-state index in [9.17, 15) is 14.7 Å². The van der Waals surface area contributed by atoms with Gasteiger partial charge in [0.2, 0.25) is 0 Å². The second-order valence-electron chi connectivity index (χ2n) is 6.28. The van der Waals surface area contributed by atoms with E-state index in [1.54, 1.807) is 37.3 Å². The highest BCUT2D eigenvalue weighted by Crippen LogP contribution is 2.34. The molecule has 0 unspecified atom stereocenters. The van der Waals surface area contributed by atoms with Gasteiger partial charge in [-0.3, -0.25) is 4.79 Å². The largest absolute Gasteiger partial charge is 0.507 e. The Morgan fingerprint density at radius 2 is 2.07 bits per heavy atom. The van der Waals surface area contributed by atoms with Crippen LogP contribution in [-0.4, -0.2) is 21.0 Å². The normalized spacial score (nSPS) is 12.2. The standard InChI is InChI=1S/C20H16N2O4S2/c1-10-5-3-6-12(16(10)23)20(25)26-11(2)17-21-18(24)15-13(9-28-19(15)22-17)14-7-4-8-27-14/h3-9,11,23H,1-2H3,(H,21,22,24)/t11-/m0/s1. The number of phenolic OH excluding ortho intramolecular Hbond substituents is 1. The number of nitrogens with one attached hydrogen (secondary N) is 1. The summed E-state index contributed by atoms with van der Waals surface area (Å²) >= 11 is 2.93. The average Bonchev–Trinajstić information content (AvgIpc) is 3.33. The number of rotatable bonds is 4. The lowest BCUT2D eigenvalue weighted by Crippen LogP contribution is -2.17. The summed E-state index contributed by atoms with van der Waals surface area (Å²) in [5.41, 5.74) is 1.23. The van der Waals surface area contributed by atoms with E-state index in [1.165, 1.54) is 17.4 Å². The van der Waals surface area contributed by atoms with Crippen LogP contribution in [-0.2, 0) is 4.74 Å². The predicted molar refractivity (Wildman–Crippen MR) is 110 cm³/mol. The molecule has 6 nitrogen and oxygen atoms in total. The van der Waals surface area contributed by atoms with Gasteiger partial charge < -0.3 is 14.8 Å². The number of carbonyl (C=O) groups is 1. The number of para-hydroxylation sites is 1. The van der Waals surface area contributed by atoms with Crippen molar-refractivity contribution in [1.29, 1.82) is 0 Å². The van der Waals surface area contributed by atoms with Crippen molar-refractivity contribution in [2.45, 2.75) is 20.0 Å². The van der Waals surface area contributed by atoms with Gasteiger partial charge >= 0.3 is 5.97 Å². The minimum atomic E-state index is -0.781. The van der Waals surface area contributed by atoms with Crippen LogP contribution in [0.25, 0.3) is 20.7 Å². The lowest BCUT2D eigenvalue weighted by atomic mass is 10.1. The van der Waals surface area contributed by atoms with Crippen LogP contribution in [0.2, 0.25) is 0 Å². The quantitative estimate of drug-likeness (QED) is 0.476.